The van der Waals surface area contributed by atoms with E-state index >= 15 is 0 Å². The fraction of sp³-hybridized carbons (Fsp3) is 0.333. The van der Waals surface area contributed by atoms with Crippen LogP contribution in [0.5, 0.6) is 0 Å². The largest absolute Gasteiger partial charge is 0.394 e. The third-order valence-corrected chi connectivity index (χ3v) is 6.12. The van der Waals surface area contributed by atoms with Crippen LogP contribution in [0.4, 0.5) is 0 Å². The van der Waals surface area contributed by atoms with Gasteiger partial charge in [0, 0.05) is 34.7 Å². The predicted molar refractivity (Wildman–Crippen MR) is 116 cm³/mol. The topological polar surface area (TPSA) is 112 Å². The van der Waals surface area contributed by atoms with E-state index in [9.17, 15) is 9.59 Å². The van der Waals surface area contributed by atoms with Gasteiger partial charge >= 0.3 is 10.4 Å². The summed E-state index contributed by atoms with van der Waals surface area (Å²) in [7, 11) is -4.67. The van der Waals surface area contributed by atoms with E-state index in [1.807, 2.05) is 53.4 Å². The van der Waals surface area contributed by atoms with Crippen molar-refractivity contribution in [1.29, 1.82) is 0 Å². The number of likely N-dealkylation sites (tertiary alicyclic amines) is 1. The minimum Gasteiger partial charge on any atom is -0.339 e. The van der Waals surface area contributed by atoms with E-state index in [1.54, 1.807) is 18.7 Å². The number of rotatable bonds is 5. The van der Waals surface area contributed by atoms with Crippen LogP contribution in [0.2, 0.25) is 0 Å². The summed E-state index contributed by atoms with van der Waals surface area (Å²) in [6.07, 6.45) is 2.23. The van der Waals surface area contributed by atoms with E-state index < -0.39 is 10.4 Å². The van der Waals surface area contributed by atoms with Gasteiger partial charge in [0.05, 0.1) is 0 Å². The van der Waals surface area contributed by atoms with Crippen LogP contribution < -0.4 is 0 Å². The van der Waals surface area contributed by atoms with Crippen molar-refractivity contribution in [1.82, 2.24) is 4.90 Å². The number of carbonyl (C=O) groups is 2. The SMILES string of the molecule is CC(=O)CC1(Sc2ccccc2)CCN(C(=O)c2ccccc2)CC1.O=S(=O)(O)O. The molecule has 0 aliphatic carbocycles. The number of nitrogens with zero attached hydrogens (tertiary/aromatic N) is 1. The molecule has 1 fully saturated rings. The maximum atomic E-state index is 12.6. The molecule has 9 heteroatoms. The minimum absolute atomic E-state index is 0.0849. The second-order valence-electron chi connectivity index (χ2n) is 7.08. The molecule has 1 aliphatic heterocycles. The molecule has 0 radical (unpaired) electrons. The van der Waals surface area contributed by atoms with Crippen molar-refractivity contribution in [2.75, 3.05) is 13.1 Å². The first-order valence-electron chi connectivity index (χ1n) is 9.36. The maximum Gasteiger partial charge on any atom is 0.394 e. The summed E-state index contributed by atoms with van der Waals surface area (Å²) in [5.74, 6) is 0.299. The molecule has 30 heavy (non-hydrogen) atoms. The van der Waals surface area contributed by atoms with Crippen molar-refractivity contribution in [3.05, 3.63) is 66.2 Å². The Bertz CT molecular complexity index is 932. The Morgan fingerprint density at radius 2 is 1.43 bits per heavy atom. The standard InChI is InChI=1S/C21H23NO2S.H2O4S/c1-17(23)16-21(25-19-10-6-3-7-11-19)12-14-22(15-13-21)20(24)18-8-4-2-5-9-18;1-5(2,3)4/h2-11H,12-16H2,1H3;(H2,1,2,3,4). The van der Waals surface area contributed by atoms with Crippen LogP contribution >= 0.6 is 11.8 Å². The van der Waals surface area contributed by atoms with Gasteiger partial charge in [-0.1, -0.05) is 36.4 Å². The quantitative estimate of drug-likeness (QED) is 0.665. The first-order valence-corrected chi connectivity index (χ1v) is 11.6. The van der Waals surface area contributed by atoms with Crippen molar-refractivity contribution in [2.45, 2.75) is 35.8 Å². The molecule has 0 saturated carbocycles. The summed E-state index contributed by atoms with van der Waals surface area (Å²) in [6.45, 7) is 3.05. The molecule has 0 aromatic heterocycles. The first-order chi connectivity index (χ1) is 14.1. The number of piperidine rings is 1. The molecular weight excluding hydrogens is 426 g/mol. The van der Waals surface area contributed by atoms with Gasteiger partial charge in [-0.15, -0.1) is 11.8 Å². The highest BCUT2D eigenvalue weighted by Gasteiger charge is 2.38. The number of Topliss-reactive ketones (excluding diaryl/α,β-unsaturated/α-hetero) is 1. The summed E-state index contributed by atoms with van der Waals surface area (Å²) in [6, 6.07) is 19.7. The molecule has 0 bridgehead atoms. The Morgan fingerprint density at radius 1 is 0.967 bits per heavy atom. The summed E-state index contributed by atoms with van der Waals surface area (Å²) < 4.78 is 31.5. The lowest BCUT2D eigenvalue weighted by Gasteiger charge is -2.41. The summed E-state index contributed by atoms with van der Waals surface area (Å²) in [5.41, 5.74) is 0.734. The second kappa shape index (κ2) is 10.7. The zero-order valence-electron chi connectivity index (χ0n) is 16.6. The van der Waals surface area contributed by atoms with Crippen molar-refractivity contribution >= 4 is 33.9 Å². The molecule has 1 heterocycles. The maximum absolute atomic E-state index is 12.6. The van der Waals surface area contributed by atoms with Crippen molar-refractivity contribution in [2.24, 2.45) is 0 Å². The Labute approximate surface area is 181 Å². The average Bonchev–Trinajstić information content (AvgIpc) is 2.68. The molecule has 1 amide bonds. The smallest absolute Gasteiger partial charge is 0.339 e. The minimum atomic E-state index is -4.67. The molecule has 1 saturated heterocycles. The van der Waals surface area contributed by atoms with Crippen molar-refractivity contribution in [3.63, 3.8) is 0 Å². The van der Waals surface area contributed by atoms with Crippen molar-refractivity contribution < 1.29 is 27.1 Å². The van der Waals surface area contributed by atoms with Gasteiger partial charge in [0.15, 0.2) is 0 Å². The van der Waals surface area contributed by atoms with E-state index in [0.29, 0.717) is 19.5 Å². The Hall–Kier alpha value is -2.20. The predicted octanol–water partition coefficient (Wildman–Crippen LogP) is 3.78. The lowest BCUT2D eigenvalue weighted by molar-refractivity contribution is -0.117. The molecule has 7 nitrogen and oxygen atoms in total. The number of benzene rings is 2. The van der Waals surface area contributed by atoms with E-state index in [-0.39, 0.29) is 16.4 Å². The zero-order chi connectivity index (χ0) is 22.2. The Balaban J connectivity index is 0.000000575. The summed E-state index contributed by atoms with van der Waals surface area (Å²) in [4.78, 5) is 27.6. The molecule has 162 valence electrons. The molecule has 1 aliphatic rings. The van der Waals surface area contributed by atoms with Crippen LogP contribution in [0.3, 0.4) is 0 Å². The Kier molecular flexibility index (Phi) is 8.60. The van der Waals surface area contributed by atoms with Gasteiger partial charge in [-0.25, -0.2) is 0 Å². The van der Waals surface area contributed by atoms with E-state index in [2.05, 4.69) is 12.1 Å². The van der Waals surface area contributed by atoms with Gasteiger partial charge in [0.25, 0.3) is 5.91 Å². The van der Waals surface area contributed by atoms with Crippen LogP contribution in [0.1, 0.15) is 36.5 Å². The summed E-state index contributed by atoms with van der Waals surface area (Å²) >= 11 is 1.79. The van der Waals surface area contributed by atoms with Crippen LogP contribution in [0.25, 0.3) is 0 Å². The highest BCUT2D eigenvalue weighted by molar-refractivity contribution is 8.00. The van der Waals surface area contributed by atoms with Crippen LogP contribution in [0, 0.1) is 0 Å². The van der Waals surface area contributed by atoms with Gasteiger partial charge in [0.1, 0.15) is 5.78 Å². The molecule has 2 aromatic carbocycles. The lowest BCUT2D eigenvalue weighted by Crippen LogP contribution is -2.45. The van der Waals surface area contributed by atoms with Crippen LogP contribution in [-0.4, -0.2) is 52.0 Å². The lowest BCUT2D eigenvalue weighted by atomic mass is 9.90. The number of carbonyl (C=O) groups excluding carboxylic acids is 2. The molecular formula is C21H25NO6S2. The first kappa shape index (κ1) is 24.1. The van der Waals surface area contributed by atoms with Gasteiger partial charge in [0.2, 0.25) is 0 Å². The molecule has 0 atom stereocenters. The summed E-state index contributed by atoms with van der Waals surface area (Å²) in [5, 5.41) is 0. The van der Waals surface area contributed by atoms with Gasteiger partial charge in [-0.2, -0.15) is 8.42 Å². The van der Waals surface area contributed by atoms with Crippen LogP contribution in [0.15, 0.2) is 65.6 Å². The van der Waals surface area contributed by atoms with E-state index in [1.165, 1.54) is 4.90 Å². The van der Waals surface area contributed by atoms with Gasteiger partial charge in [-0.05, 0) is 44.0 Å². The molecule has 0 unspecified atom stereocenters. The van der Waals surface area contributed by atoms with Gasteiger partial charge < -0.3 is 4.90 Å². The molecule has 0 spiro atoms. The van der Waals surface area contributed by atoms with Crippen LogP contribution in [-0.2, 0) is 15.2 Å². The molecule has 2 N–H and O–H groups in total. The number of amides is 1. The highest BCUT2D eigenvalue weighted by Crippen LogP contribution is 2.43. The number of hydrogen-bond donors (Lipinski definition) is 2. The van der Waals surface area contributed by atoms with Gasteiger partial charge in [-0.3, -0.25) is 18.7 Å². The van der Waals surface area contributed by atoms with E-state index in [4.69, 9.17) is 17.5 Å². The number of hydrogen-bond acceptors (Lipinski definition) is 5. The average molecular weight is 452 g/mol. The molecule has 3 rings (SSSR count). The number of ketones is 1. The van der Waals surface area contributed by atoms with E-state index in [0.717, 1.165) is 18.4 Å². The highest BCUT2D eigenvalue weighted by atomic mass is 32.3. The second-order valence-corrected chi connectivity index (χ2v) is 9.52. The Morgan fingerprint density at radius 3 is 1.90 bits per heavy atom. The third kappa shape index (κ3) is 8.27. The van der Waals surface area contributed by atoms with Crippen molar-refractivity contribution in [3.8, 4) is 0 Å². The molecule has 2 aromatic rings. The monoisotopic (exact) mass is 451 g/mol. The number of thioether (sulfide) groups is 1. The third-order valence-electron chi connectivity index (χ3n) is 4.63. The fourth-order valence-electron chi connectivity index (χ4n) is 3.39. The zero-order valence-corrected chi connectivity index (χ0v) is 18.2. The fourth-order valence-corrected chi connectivity index (χ4v) is 4.84. The normalized spacial score (nSPS) is 15.6.